The van der Waals surface area contributed by atoms with Crippen LogP contribution in [0.3, 0.4) is 0 Å². The lowest BCUT2D eigenvalue weighted by Gasteiger charge is -2.17. The first-order chi connectivity index (χ1) is 14.6. The summed E-state index contributed by atoms with van der Waals surface area (Å²) in [6.07, 6.45) is 4.47. The number of halogens is 1. The second kappa shape index (κ2) is 7.62. The van der Waals surface area contributed by atoms with Gasteiger partial charge in [0.15, 0.2) is 0 Å². The molecule has 0 bridgehead atoms. The minimum absolute atomic E-state index is 0.183. The van der Waals surface area contributed by atoms with Gasteiger partial charge in [0.05, 0.1) is 18.1 Å². The topological polar surface area (TPSA) is 63.1 Å². The molecule has 1 fully saturated rings. The first-order valence-electron chi connectivity index (χ1n) is 9.79. The van der Waals surface area contributed by atoms with E-state index in [0.717, 1.165) is 41.2 Å². The summed E-state index contributed by atoms with van der Waals surface area (Å²) < 4.78 is 15.2. The van der Waals surface area contributed by atoms with Crippen molar-refractivity contribution in [3.63, 3.8) is 0 Å². The minimum atomic E-state index is -0.282. The number of fused-ring (bicyclic) bond motifs is 1. The van der Waals surface area contributed by atoms with E-state index in [0.29, 0.717) is 16.4 Å². The van der Waals surface area contributed by atoms with Crippen molar-refractivity contribution in [3.05, 3.63) is 71.0 Å². The zero-order valence-electron chi connectivity index (χ0n) is 16.4. The van der Waals surface area contributed by atoms with Crippen molar-refractivity contribution in [1.82, 2.24) is 20.1 Å². The van der Waals surface area contributed by atoms with Gasteiger partial charge in [0.25, 0.3) is 5.56 Å². The average molecular weight is 422 g/mol. The number of rotatable bonds is 4. The molecule has 0 aliphatic carbocycles. The second-order valence-corrected chi connectivity index (χ2v) is 8.41. The van der Waals surface area contributed by atoms with Crippen molar-refractivity contribution >= 4 is 27.2 Å². The highest BCUT2D eigenvalue weighted by atomic mass is 32.1. The van der Waals surface area contributed by atoms with Crippen LogP contribution in [-0.4, -0.2) is 40.9 Å². The third-order valence-corrected chi connectivity index (χ3v) is 6.67. The summed E-state index contributed by atoms with van der Waals surface area (Å²) in [7, 11) is 1.98. The smallest absolute Gasteiger partial charge is 0.289 e. The van der Waals surface area contributed by atoms with Crippen LogP contribution in [-0.2, 0) is 0 Å². The molecule has 1 atom stereocenters. The number of aromatic nitrogens is 3. The number of pyridine rings is 1. The monoisotopic (exact) mass is 421 g/mol. The van der Waals surface area contributed by atoms with Gasteiger partial charge >= 0.3 is 0 Å². The van der Waals surface area contributed by atoms with Crippen LogP contribution in [0, 0.1) is 5.82 Å². The zero-order valence-corrected chi connectivity index (χ0v) is 17.2. The highest BCUT2D eigenvalue weighted by Crippen LogP contribution is 2.31. The van der Waals surface area contributed by atoms with Crippen LogP contribution in [0.1, 0.15) is 6.42 Å². The summed E-state index contributed by atoms with van der Waals surface area (Å²) in [5, 5.41) is 8.42. The largest absolute Gasteiger partial charge is 0.355 e. The molecule has 8 heteroatoms. The molecule has 0 amide bonds. The molecule has 1 saturated heterocycles. The molecule has 5 rings (SSSR count). The minimum Gasteiger partial charge on any atom is -0.355 e. The quantitative estimate of drug-likeness (QED) is 0.547. The van der Waals surface area contributed by atoms with E-state index in [4.69, 9.17) is 0 Å². The highest BCUT2D eigenvalue weighted by molar-refractivity contribution is 7.22. The molecule has 0 unspecified atom stereocenters. The fourth-order valence-electron chi connectivity index (χ4n) is 3.77. The summed E-state index contributed by atoms with van der Waals surface area (Å²) in [6.45, 7) is 1.89. The predicted octanol–water partition coefficient (Wildman–Crippen LogP) is 3.45. The number of thiophene rings is 1. The zero-order chi connectivity index (χ0) is 20.7. The Labute approximate surface area is 176 Å². The maximum absolute atomic E-state index is 13.2. The molecule has 6 nitrogen and oxygen atoms in total. The summed E-state index contributed by atoms with van der Waals surface area (Å²) >= 11 is 1.39. The van der Waals surface area contributed by atoms with Gasteiger partial charge in [-0.1, -0.05) is 12.1 Å². The molecule has 30 heavy (non-hydrogen) atoms. The number of hydrogen-bond donors (Lipinski definition) is 1. The molecule has 0 radical (unpaired) electrons. The Morgan fingerprint density at radius 1 is 1.17 bits per heavy atom. The molecule has 0 saturated carbocycles. The number of benzene rings is 1. The van der Waals surface area contributed by atoms with Crippen molar-refractivity contribution in [2.24, 2.45) is 0 Å². The third-order valence-electron chi connectivity index (χ3n) is 5.49. The number of likely N-dealkylation sites (N-methyl/N-ethyl adjacent to an activating group) is 1. The van der Waals surface area contributed by atoms with E-state index in [2.05, 4.69) is 20.3 Å². The lowest BCUT2D eigenvalue weighted by molar-refractivity contribution is 0.616. The molecule has 1 aliphatic rings. The molecule has 1 aliphatic heterocycles. The third kappa shape index (κ3) is 3.38. The molecule has 1 N–H and O–H groups in total. The Hall–Kier alpha value is -3.10. The Morgan fingerprint density at radius 2 is 2.00 bits per heavy atom. The summed E-state index contributed by atoms with van der Waals surface area (Å²) in [6, 6.07) is 12.5. The summed E-state index contributed by atoms with van der Waals surface area (Å²) in [5.74, 6) is 0.621. The van der Waals surface area contributed by atoms with Gasteiger partial charge < -0.3 is 10.2 Å². The van der Waals surface area contributed by atoms with Crippen LogP contribution in [0.5, 0.6) is 0 Å². The summed E-state index contributed by atoms with van der Waals surface area (Å²) in [4.78, 5) is 20.7. The maximum Gasteiger partial charge on any atom is 0.289 e. The van der Waals surface area contributed by atoms with Crippen molar-refractivity contribution < 1.29 is 4.39 Å². The van der Waals surface area contributed by atoms with Gasteiger partial charge in [-0.3, -0.25) is 4.79 Å². The molecule has 4 aromatic rings. The normalized spacial score (nSPS) is 16.5. The van der Waals surface area contributed by atoms with Gasteiger partial charge in [0, 0.05) is 29.4 Å². The maximum atomic E-state index is 13.2. The molecule has 3 aromatic heterocycles. The van der Waals surface area contributed by atoms with Gasteiger partial charge in [0.2, 0.25) is 0 Å². The van der Waals surface area contributed by atoms with Crippen LogP contribution in [0.4, 0.5) is 10.2 Å². The lowest BCUT2D eigenvalue weighted by Crippen LogP contribution is -2.29. The van der Waals surface area contributed by atoms with E-state index in [9.17, 15) is 9.18 Å². The number of nitrogens with one attached hydrogen (secondary N) is 1. The Morgan fingerprint density at radius 3 is 2.70 bits per heavy atom. The lowest BCUT2D eigenvalue weighted by atomic mass is 10.2. The number of anilines is 1. The molecular formula is C22H20FN5OS. The Bertz CT molecular complexity index is 1250. The first-order valence-corrected chi connectivity index (χ1v) is 10.6. The van der Waals surface area contributed by atoms with Gasteiger partial charge in [0.1, 0.15) is 16.3 Å². The number of nitrogens with zero attached hydrogens (tertiary/aromatic N) is 4. The second-order valence-electron chi connectivity index (χ2n) is 7.36. The standard InChI is InChI=1S/C22H20FN5OS/c1-24-17-8-9-27(13-17)20-7-6-18(12-25-20)28-22(29)21-15(11-26-28)10-19(30-21)14-2-4-16(23)5-3-14/h2-7,10-12,17,24H,8-9,13H2,1H3/t17-/m1/s1. The molecular weight excluding hydrogens is 401 g/mol. The van der Waals surface area contributed by atoms with E-state index in [1.807, 2.05) is 25.2 Å². The van der Waals surface area contributed by atoms with Crippen LogP contribution >= 0.6 is 11.3 Å². The van der Waals surface area contributed by atoms with Gasteiger partial charge in [-0.2, -0.15) is 9.78 Å². The van der Waals surface area contributed by atoms with E-state index >= 15 is 0 Å². The molecule has 1 aromatic carbocycles. The SMILES string of the molecule is CN[C@@H]1CCN(c2ccc(-n3ncc4cc(-c5ccc(F)cc5)sc4c3=O)cn2)C1. The van der Waals surface area contributed by atoms with E-state index in [1.165, 1.54) is 28.2 Å². The Balaban J connectivity index is 1.46. The predicted molar refractivity (Wildman–Crippen MR) is 118 cm³/mol. The average Bonchev–Trinajstić information content (AvgIpc) is 3.42. The van der Waals surface area contributed by atoms with Crippen LogP contribution < -0.4 is 15.8 Å². The van der Waals surface area contributed by atoms with Gasteiger partial charge in [-0.25, -0.2) is 9.37 Å². The van der Waals surface area contributed by atoms with Crippen molar-refractivity contribution in [3.8, 4) is 16.1 Å². The van der Waals surface area contributed by atoms with Crippen molar-refractivity contribution in [2.45, 2.75) is 12.5 Å². The van der Waals surface area contributed by atoms with E-state index < -0.39 is 0 Å². The van der Waals surface area contributed by atoms with Crippen LogP contribution in [0.25, 0.3) is 26.2 Å². The van der Waals surface area contributed by atoms with E-state index in [-0.39, 0.29) is 11.4 Å². The van der Waals surface area contributed by atoms with Crippen LogP contribution in [0.2, 0.25) is 0 Å². The van der Waals surface area contributed by atoms with Gasteiger partial charge in [-0.15, -0.1) is 11.3 Å². The summed E-state index contributed by atoms with van der Waals surface area (Å²) in [5.41, 5.74) is 1.32. The molecule has 4 heterocycles. The van der Waals surface area contributed by atoms with Gasteiger partial charge in [-0.05, 0) is 49.4 Å². The molecule has 0 spiro atoms. The van der Waals surface area contributed by atoms with Crippen molar-refractivity contribution in [2.75, 3.05) is 25.0 Å². The fraction of sp³-hybridized carbons (Fsp3) is 0.227. The molecule has 152 valence electrons. The fourth-order valence-corrected chi connectivity index (χ4v) is 4.83. The number of hydrogen-bond acceptors (Lipinski definition) is 6. The Kier molecular flexibility index (Phi) is 4.80. The first kappa shape index (κ1) is 18.9. The van der Waals surface area contributed by atoms with Crippen LogP contribution in [0.15, 0.2) is 59.7 Å². The van der Waals surface area contributed by atoms with Crippen molar-refractivity contribution in [1.29, 1.82) is 0 Å². The van der Waals surface area contributed by atoms with E-state index in [1.54, 1.807) is 24.5 Å². The highest BCUT2D eigenvalue weighted by Gasteiger charge is 2.22.